The molecule has 0 fully saturated rings. The monoisotopic (exact) mass is 291 g/mol. The molecular formula is C16H22ClN3. The third kappa shape index (κ3) is 3.84. The molecule has 2 aromatic rings. The van der Waals surface area contributed by atoms with Crippen molar-refractivity contribution < 1.29 is 0 Å². The molecule has 4 heteroatoms. The second-order valence-corrected chi connectivity index (χ2v) is 5.35. The van der Waals surface area contributed by atoms with Crippen LogP contribution < -0.4 is 5.32 Å². The summed E-state index contributed by atoms with van der Waals surface area (Å²) in [6.45, 7) is 5.08. The molecule has 20 heavy (non-hydrogen) atoms. The Balaban J connectivity index is 1.95. The van der Waals surface area contributed by atoms with Crippen molar-refractivity contribution in [3.8, 4) is 0 Å². The number of alkyl halides is 1. The predicted molar refractivity (Wildman–Crippen MR) is 84.0 cm³/mol. The number of nitrogens with zero attached hydrogens (tertiary/aromatic N) is 2. The summed E-state index contributed by atoms with van der Waals surface area (Å²) in [5, 5.41) is 8.06. The fourth-order valence-corrected chi connectivity index (χ4v) is 2.37. The number of hydrogen-bond acceptors (Lipinski definition) is 2. The lowest BCUT2D eigenvalue weighted by Gasteiger charge is -2.15. The van der Waals surface area contributed by atoms with Gasteiger partial charge < -0.3 is 5.32 Å². The summed E-state index contributed by atoms with van der Waals surface area (Å²) in [6, 6.07) is 12.9. The van der Waals surface area contributed by atoms with E-state index in [1.165, 1.54) is 5.56 Å². The Bertz CT molecular complexity index is 509. The van der Waals surface area contributed by atoms with Crippen molar-refractivity contribution in [3.63, 3.8) is 0 Å². The number of aromatic nitrogens is 2. The Kier molecular flexibility index (Phi) is 5.62. The van der Waals surface area contributed by atoms with Gasteiger partial charge in [-0.25, -0.2) is 0 Å². The van der Waals surface area contributed by atoms with Gasteiger partial charge in [0.25, 0.3) is 0 Å². The molecule has 0 spiro atoms. The van der Waals surface area contributed by atoms with Crippen LogP contribution in [0.4, 0.5) is 0 Å². The number of halogens is 1. The second kappa shape index (κ2) is 7.46. The van der Waals surface area contributed by atoms with Gasteiger partial charge in [0.2, 0.25) is 0 Å². The van der Waals surface area contributed by atoms with Gasteiger partial charge in [-0.1, -0.05) is 37.3 Å². The summed E-state index contributed by atoms with van der Waals surface area (Å²) in [4.78, 5) is 0. The first-order valence-corrected chi connectivity index (χ1v) is 7.66. The molecule has 1 heterocycles. The SMILES string of the molecule is CCC(C)n1ccc(CNC(CCl)c2ccccc2)n1. The quantitative estimate of drug-likeness (QED) is 0.784. The van der Waals surface area contributed by atoms with Crippen LogP contribution in [0, 0.1) is 0 Å². The Labute approximate surface area is 126 Å². The van der Waals surface area contributed by atoms with E-state index in [-0.39, 0.29) is 6.04 Å². The molecule has 1 aromatic heterocycles. The van der Waals surface area contributed by atoms with Gasteiger partial charge in [-0.15, -0.1) is 11.6 Å². The van der Waals surface area contributed by atoms with Crippen LogP contribution in [0.1, 0.15) is 43.6 Å². The van der Waals surface area contributed by atoms with Crippen molar-refractivity contribution in [2.24, 2.45) is 0 Å². The first-order chi connectivity index (χ1) is 9.74. The zero-order valence-corrected chi connectivity index (χ0v) is 12.8. The first kappa shape index (κ1) is 15.1. The molecule has 2 unspecified atom stereocenters. The predicted octanol–water partition coefficient (Wildman–Crippen LogP) is 3.92. The van der Waals surface area contributed by atoms with Crippen molar-refractivity contribution in [1.29, 1.82) is 0 Å². The summed E-state index contributed by atoms with van der Waals surface area (Å²) >= 11 is 6.06. The van der Waals surface area contributed by atoms with Gasteiger partial charge in [-0.3, -0.25) is 4.68 Å². The maximum atomic E-state index is 6.06. The van der Waals surface area contributed by atoms with E-state index in [1.807, 2.05) is 29.1 Å². The minimum absolute atomic E-state index is 0.159. The molecule has 108 valence electrons. The Morgan fingerprint density at radius 1 is 1.25 bits per heavy atom. The van der Waals surface area contributed by atoms with Crippen molar-refractivity contribution in [1.82, 2.24) is 15.1 Å². The molecule has 1 aromatic carbocycles. The highest BCUT2D eigenvalue weighted by Crippen LogP contribution is 2.15. The zero-order chi connectivity index (χ0) is 14.4. The molecule has 0 amide bonds. The second-order valence-electron chi connectivity index (χ2n) is 5.04. The van der Waals surface area contributed by atoms with E-state index in [0.29, 0.717) is 11.9 Å². The third-order valence-electron chi connectivity index (χ3n) is 3.59. The van der Waals surface area contributed by atoms with Gasteiger partial charge in [-0.2, -0.15) is 5.10 Å². The van der Waals surface area contributed by atoms with Gasteiger partial charge >= 0.3 is 0 Å². The van der Waals surface area contributed by atoms with Gasteiger partial charge in [-0.05, 0) is 25.0 Å². The van der Waals surface area contributed by atoms with Crippen LogP contribution in [0.2, 0.25) is 0 Å². The standard InChI is InChI=1S/C16H22ClN3/c1-3-13(2)20-10-9-15(19-20)12-18-16(11-17)14-7-5-4-6-8-14/h4-10,13,16,18H,3,11-12H2,1-2H3. The minimum Gasteiger partial charge on any atom is -0.303 e. The summed E-state index contributed by atoms with van der Waals surface area (Å²) < 4.78 is 2.02. The summed E-state index contributed by atoms with van der Waals surface area (Å²) in [5.41, 5.74) is 2.26. The lowest BCUT2D eigenvalue weighted by atomic mass is 10.1. The number of rotatable bonds is 7. The van der Waals surface area contributed by atoms with Crippen molar-refractivity contribution in [2.75, 3.05) is 5.88 Å². The normalized spacial score (nSPS) is 14.2. The minimum atomic E-state index is 0.159. The molecule has 3 nitrogen and oxygen atoms in total. The largest absolute Gasteiger partial charge is 0.303 e. The van der Waals surface area contributed by atoms with E-state index in [0.717, 1.165) is 18.7 Å². The lowest BCUT2D eigenvalue weighted by Crippen LogP contribution is -2.22. The van der Waals surface area contributed by atoms with Crippen molar-refractivity contribution >= 4 is 11.6 Å². The summed E-state index contributed by atoms with van der Waals surface area (Å²) in [5.74, 6) is 0.552. The van der Waals surface area contributed by atoms with E-state index in [4.69, 9.17) is 11.6 Å². The van der Waals surface area contributed by atoms with Crippen LogP contribution >= 0.6 is 11.6 Å². The highest BCUT2D eigenvalue weighted by atomic mass is 35.5. The average Bonchev–Trinajstić information content (AvgIpc) is 2.97. The molecule has 1 N–H and O–H groups in total. The Morgan fingerprint density at radius 2 is 2.00 bits per heavy atom. The average molecular weight is 292 g/mol. The van der Waals surface area contributed by atoms with Gasteiger partial charge in [0.05, 0.1) is 5.69 Å². The molecule has 0 saturated heterocycles. The van der Waals surface area contributed by atoms with Crippen molar-refractivity contribution in [3.05, 3.63) is 53.9 Å². The van der Waals surface area contributed by atoms with Crippen LogP contribution in [0.5, 0.6) is 0 Å². The van der Waals surface area contributed by atoms with Gasteiger partial charge in [0, 0.05) is 30.7 Å². The van der Waals surface area contributed by atoms with E-state index in [9.17, 15) is 0 Å². The first-order valence-electron chi connectivity index (χ1n) is 7.13. The summed E-state index contributed by atoms with van der Waals surface area (Å²) in [6.07, 6.45) is 3.13. The number of nitrogens with one attached hydrogen (secondary N) is 1. The van der Waals surface area contributed by atoms with Gasteiger partial charge in [0.1, 0.15) is 0 Å². The van der Waals surface area contributed by atoms with E-state index in [1.54, 1.807) is 0 Å². The summed E-state index contributed by atoms with van der Waals surface area (Å²) in [7, 11) is 0. The van der Waals surface area contributed by atoms with E-state index in [2.05, 4.69) is 42.5 Å². The molecule has 0 aliphatic heterocycles. The molecule has 0 radical (unpaired) electrons. The van der Waals surface area contributed by atoms with Gasteiger partial charge in [0.15, 0.2) is 0 Å². The molecule has 0 aliphatic carbocycles. The fraction of sp³-hybridized carbons (Fsp3) is 0.438. The Hall–Kier alpha value is -1.32. The van der Waals surface area contributed by atoms with Crippen LogP contribution in [0.25, 0.3) is 0 Å². The van der Waals surface area contributed by atoms with E-state index < -0.39 is 0 Å². The van der Waals surface area contributed by atoms with Crippen LogP contribution in [-0.4, -0.2) is 15.7 Å². The number of benzene rings is 1. The zero-order valence-electron chi connectivity index (χ0n) is 12.1. The maximum Gasteiger partial charge on any atom is 0.0762 e. The van der Waals surface area contributed by atoms with Crippen LogP contribution in [0.3, 0.4) is 0 Å². The van der Waals surface area contributed by atoms with Crippen LogP contribution in [0.15, 0.2) is 42.6 Å². The Morgan fingerprint density at radius 3 is 2.65 bits per heavy atom. The molecular weight excluding hydrogens is 270 g/mol. The highest BCUT2D eigenvalue weighted by molar-refractivity contribution is 6.18. The molecule has 0 bridgehead atoms. The van der Waals surface area contributed by atoms with Crippen LogP contribution in [-0.2, 0) is 6.54 Å². The smallest absolute Gasteiger partial charge is 0.0762 e. The maximum absolute atomic E-state index is 6.06. The topological polar surface area (TPSA) is 29.9 Å². The molecule has 2 rings (SSSR count). The van der Waals surface area contributed by atoms with E-state index >= 15 is 0 Å². The fourth-order valence-electron chi connectivity index (χ4n) is 2.08. The van der Waals surface area contributed by atoms with Crippen molar-refractivity contribution in [2.45, 2.75) is 38.9 Å². The lowest BCUT2D eigenvalue weighted by molar-refractivity contribution is 0.468. The number of hydrogen-bond donors (Lipinski definition) is 1. The molecule has 0 aliphatic rings. The molecule has 0 saturated carbocycles. The molecule has 2 atom stereocenters. The highest BCUT2D eigenvalue weighted by Gasteiger charge is 2.10. The third-order valence-corrected chi connectivity index (χ3v) is 3.90.